The first-order valence-electron chi connectivity index (χ1n) is 7.01. The van der Waals surface area contributed by atoms with E-state index in [-0.39, 0.29) is 5.39 Å². The molecule has 0 spiro atoms. The van der Waals surface area contributed by atoms with Crippen molar-refractivity contribution in [1.82, 2.24) is 4.98 Å². The van der Waals surface area contributed by atoms with Gasteiger partial charge in [-0.3, -0.25) is 4.98 Å². The van der Waals surface area contributed by atoms with E-state index in [0.29, 0.717) is 18.2 Å². The minimum absolute atomic E-state index is 0.106. The second kappa shape index (κ2) is 5.21. The number of fused-ring (bicyclic) bond motifs is 1. The van der Waals surface area contributed by atoms with Gasteiger partial charge < -0.3 is 0 Å². The van der Waals surface area contributed by atoms with Gasteiger partial charge in [-0.15, -0.1) is 0 Å². The number of rotatable bonds is 2. The standard InChI is InChI=1S/C16H13F3N2O/c17-16(18,19)14-9-20-8-11-7-12(3-4-13(11)14)15(21-10-22)5-1-2-6-15/h3-4,7-9H,1-2,5-6H2. The molecular formula is C16H13F3N2O. The quantitative estimate of drug-likeness (QED) is 0.611. The van der Waals surface area contributed by atoms with Crippen LogP contribution in [0.15, 0.2) is 35.6 Å². The molecule has 1 fully saturated rings. The second-order valence-corrected chi connectivity index (χ2v) is 5.56. The maximum Gasteiger partial charge on any atom is 0.418 e. The highest BCUT2D eigenvalue weighted by Crippen LogP contribution is 2.43. The summed E-state index contributed by atoms with van der Waals surface area (Å²) in [5.74, 6) is 0. The second-order valence-electron chi connectivity index (χ2n) is 5.56. The first-order chi connectivity index (χ1) is 10.5. The van der Waals surface area contributed by atoms with E-state index in [1.807, 2.05) is 0 Å². The van der Waals surface area contributed by atoms with Crippen LogP contribution in [-0.2, 0) is 16.5 Å². The van der Waals surface area contributed by atoms with Crippen LogP contribution in [0.3, 0.4) is 0 Å². The van der Waals surface area contributed by atoms with Crippen molar-refractivity contribution in [2.45, 2.75) is 37.4 Å². The lowest BCUT2D eigenvalue weighted by atomic mass is 9.87. The summed E-state index contributed by atoms with van der Waals surface area (Å²) in [6.07, 6.45) is 2.69. The average Bonchev–Trinajstić information content (AvgIpc) is 2.95. The highest BCUT2D eigenvalue weighted by molar-refractivity contribution is 5.86. The molecule has 0 unspecified atom stereocenters. The molecule has 0 bridgehead atoms. The minimum Gasteiger partial charge on any atom is -0.263 e. The smallest absolute Gasteiger partial charge is 0.263 e. The first kappa shape index (κ1) is 14.7. The Balaban J connectivity index is 2.17. The van der Waals surface area contributed by atoms with Gasteiger partial charge in [0.15, 0.2) is 0 Å². The third-order valence-corrected chi connectivity index (χ3v) is 4.29. The number of nitrogens with zero attached hydrogens (tertiary/aromatic N) is 2. The van der Waals surface area contributed by atoms with Crippen LogP contribution in [0.2, 0.25) is 0 Å². The fourth-order valence-corrected chi connectivity index (χ4v) is 3.20. The molecular weight excluding hydrogens is 293 g/mol. The molecule has 114 valence electrons. The molecule has 22 heavy (non-hydrogen) atoms. The summed E-state index contributed by atoms with van der Waals surface area (Å²) >= 11 is 0. The molecule has 1 saturated carbocycles. The summed E-state index contributed by atoms with van der Waals surface area (Å²) in [7, 11) is 0. The third-order valence-electron chi connectivity index (χ3n) is 4.29. The molecule has 3 nitrogen and oxygen atoms in total. The number of aromatic nitrogens is 1. The Morgan fingerprint density at radius 1 is 1.18 bits per heavy atom. The number of carbonyl (C=O) groups excluding carboxylic acids is 1. The largest absolute Gasteiger partial charge is 0.418 e. The average molecular weight is 306 g/mol. The summed E-state index contributed by atoms with van der Waals surface area (Å²) in [6.45, 7) is 0. The van der Waals surface area contributed by atoms with E-state index in [4.69, 9.17) is 0 Å². The van der Waals surface area contributed by atoms with Crippen molar-refractivity contribution in [3.8, 4) is 0 Å². The molecule has 2 aromatic rings. The van der Waals surface area contributed by atoms with Gasteiger partial charge >= 0.3 is 6.18 Å². The van der Waals surface area contributed by atoms with Crippen LogP contribution in [0.25, 0.3) is 10.8 Å². The Hall–Kier alpha value is -2.20. The van der Waals surface area contributed by atoms with E-state index in [1.165, 1.54) is 12.3 Å². The van der Waals surface area contributed by atoms with Crippen LogP contribution in [0, 0.1) is 0 Å². The third kappa shape index (κ3) is 2.40. The number of hydrogen-bond donors (Lipinski definition) is 0. The molecule has 1 aromatic carbocycles. The maximum absolute atomic E-state index is 13.0. The Morgan fingerprint density at radius 3 is 2.55 bits per heavy atom. The molecule has 0 saturated heterocycles. The predicted octanol–water partition coefficient (Wildman–Crippen LogP) is 4.36. The Morgan fingerprint density at radius 2 is 1.91 bits per heavy atom. The monoisotopic (exact) mass is 306 g/mol. The van der Waals surface area contributed by atoms with Gasteiger partial charge in [-0.25, -0.2) is 4.79 Å². The molecule has 0 radical (unpaired) electrons. The van der Waals surface area contributed by atoms with Gasteiger partial charge in [-0.1, -0.05) is 25.0 Å². The number of hydrogen-bond acceptors (Lipinski definition) is 3. The normalized spacial score (nSPS) is 17.4. The zero-order valence-corrected chi connectivity index (χ0v) is 11.7. The summed E-state index contributed by atoms with van der Waals surface area (Å²) in [5, 5.41) is 0.508. The molecule has 1 aliphatic carbocycles. The van der Waals surface area contributed by atoms with Gasteiger partial charge in [0.05, 0.1) is 11.1 Å². The lowest BCUT2D eigenvalue weighted by Gasteiger charge is -2.23. The van der Waals surface area contributed by atoms with Gasteiger partial charge in [0.1, 0.15) is 0 Å². The lowest BCUT2D eigenvalue weighted by Crippen LogP contribution is -2.18. The Kier molecular flexibility index (Phi) is 3.49. The fraction of sp³-hybridized carbons (Fsp3) is 0.375. The Labute approximate surface area is 124 Å². The van der Waals surface area contributed by atoms with Crippen LogP contribution >= 0.6 is 0 Å². The summed E-state index contributed by atoms with van der Waals surface area (Å²) in [4.78, 5) is 18.4. The SMILES string of the molecule is O=C=NC1(c2ccc3c(C(F)(F)F)cncc3c2)CCCC1. The van der Waals surface area contributed by atoms with Crippen molar-refractivity contribution in [1.29, 1.82) is 0 Å². The van der Waals surface area contributed by atoms with E-state index in [9.17, 15) is 18.0 Å². The predicted molar refractivity (Wildman–Crippen MR) is 75.0 cm³/mol. The van der Waals surface area contributed by atoms with E-state index in [2.05, 4.69) is 9.98 Å². The van der Waals surface area contributed by atoms with E-state index in [1.54, 1.807) is 18.2 Å². The topological polar surface area (TPSA) is 42.3 Å². The molecule has 1 heterocycles. The van der Waals surface area contributed by atoms with Crippen molar-refractivity contribution in [3.63, 3.8) is 0 Å². The van der Waals surface area contributed by atoms with Crippen molar-refractivity contribution < 1.29 is 18.0 Å². The van der Waals surface area contributed by atoms with Crippen molar-refractivity contribution in [3.05, 3.63) is 41.7 Å². The molecule has 0 aliphatic heterocycles. The highest BCUT2D eigenvalue weighted by atomic mass is 19.4. The zero-order valence-electron chi connectivity index (χ0n) is 11.7. The number of aliphatic imine (C=N–C) groups is 1. The molecule has 1 aliphatic rings. The van der Waals surface area contributed by atoms with Gasteiger partial charge in [0.25, 0.3) is 0 Å². The summed E-state index contributed by atoms with van der Waals surface area (Å²) in [5.41, 5.74) is -0.651. The highest BCUT2D eigenvalue weighted by Gasteiger charge is 2.37. The van der Waals surface area contributed by atoms with Crippen LogP contribution < -0.4 is 0 Å². The molecule has 0 atom stereocenters. The number of alkyl halides is 3. The number of pyridine rings is 1. The van der Waals surface area contributed by atoms with Crippen molar-refractivity contribution in [2.24, 2.45) is 4.99 Å². The minimum atomic E-state index is -4.44. The van der Waals surface area contributed by atoms with E-state index in [0.717, 1.165) is 24.6 Å². The molecule has 0 amide bonds. The maximum atomic E-state index is 13.0. The fourth-order valence-electron chi connectivity index (χ4n) is 3.20. The van der Waals surface area contributed by atoms with Gasteiger partial charge in [0.2, 0.25) is 6.08 Å². The molecule has 1 aromatic heterocycles. The van der Waals surface area contributed by atoms with Gasteiger partial charge in [-0.05, 0) is 29.9 Å². The molecule has 0 N–H and O–H groups in total. The van der Waals surface area contributed by atoms with Crippen LogP contribution in [-0.4, -0.2) is 11.1 Å². The van der Waals surface area contributed by atoms with E-state index < -0.39 is 17.3 Å². The zero-order chi connectivity index (χ0) is 15.8. The molecule has 3 rings (SSSR count). The van der Waals surface area contributed by atoms with E-state index >= 15 is 0 Å². The Bertz CT molecular complexity index is 758. The summed E-state index contributed by atoms with van der Waals surface area (Å²) < 4.78 is 39.0. The molecule has 6 heteroatoms. The number of benzene rings is 1. The van der Waals surface area contributed by atoms with Crippen molar-refractivity contribution >= 4 is 16.9 Å². The first-order valence-corrected chi connectivity index (χ1v) is 7.01. The number of halogens is 3. The summed E-state index contributed by atoms with van der Waals surface area (Å²) in [6, 6.07) is 4.73. The van der Waals surface area contributed by atoms with Gasteiger partial charge in [-0.2, -0.15) is 18.2 Å². The van der Waals surface area contributed by atoms with Crippen LogP contribution in [0.4, 0.5) is 13.2 Å². The number of isocyanates is 1. The van der Waals surface area contributed by atoms with Crippen LogP contribution in [0.5, 0.6) is 0 Å². The lowest BCUT2D eigenvalue weighted by molar-refractivity contribution is -0.136. The van der Waals surface area contributed by atoms with Gasteiger partial charge in [0, 0.05) is 17.8 Å². The van der Waals surface area contributed by atoms with Crippen LogP contribution in [0.1, 0.15) is 36.8 Å². The van der Waals surface area contributed by atoms with Crippen molar-refractivity contribution in [2.75, 3.05) is 0 Å².